The average molecular weight is 507 g/mol. The van der Waals surface area contributed by atoms with Crippen LogP contribution in [-0.4, -0.2) is 16.1 Å². The molecule has 196 valence electrons. The Morgan fingerprint density at radius 1 is 0.816 bits per heavy atom. The first-order valence-corrected chi connectivity index (χ1v) is 13.9. The molecule has 0 bridgehead atoms. The van der Waals surface area contributed by atoms with Gasteiger partial charge in [0.1, 0.15) is 0 Å². The molecule has 0 amide bonds. The fourth-order valence-corrected chi connectivity index (χ4v) is 7.19. The maximum atomic E-state index is 13.8. The molecule has 1 aliphatic heterocycles. The molecule has 0 fully saturated rings. The van der Waals surface area contributed by atoms with E-state index in [4.69, 9.17) is 0 Å². The number of benzene rings is 2. The third-order valence-electron chi connectivity index (χ3n) is 8.48. The van der Waals surface area contributed by atoms with E-state index in [1.54, 1.807) is 0 Å². The van der Waals surface area contributed by atoms with Crippen molar-refractivity contribution in [3.63, 3.8) is 0 Å². The van der Waals surface area contributed by atoms with Crippen LogP contribution in [0, 0.1) is 24.7 Å². The van der Waals surface area contributed by atoms with Crippen LogP contribution in [0.25, 0.3) is 10.9 Å². The van der Waals surface area contributed by atoms with Gasteiger partial charge in [0.15, 0.2) is 11.6 Å². The Bertz CT molecular complexity index is 1500. The molecule has 0 spiro atoms. The Kier molecular flexibility index (Phi) is 5.61. The highest BCUT2D eigenvalue weighted by Crippen LogP contribution is 2.52. The Morgan fingerprint density at radius 3 is 1.95 bits per heavy atom. The SMILES string of the molecule is Cc1cc(C)cc(Cn2cc(C3C4=C(CC(C)(C)CC4=O)NC4=C3C(=O)CC(C)(C)C4)c3ccccc32)c1. The predicted molar refractivity (Wildman–Crippen MR) is 153 cm³/mol. The Morgan fingerprint density at radius 2 is 1.37 bits per heavy atom. The highest BCUT2D eigenvalue weighted by molar-refractivity contribution is 6.08. The lowest BCUT2D eigenvalue weighted by molar-refractivity contribution is -0.119. The maximum absolute atomic E-state index is 13.8. The second-order valence-corrected chi connectivity index (χ2v) is 13.4. The van der Waals surface area contributed by atoms with Crippen LogP contribution in [0.3, 0.4) is 0 Å². The lowest BCUT2D eigenvalue weighted by Crippen LogP contribution is -2.42. The van der Waals surface area contributed by atoms with Crippen molar-refractivity contribution in [2.45, 2.75) is 79.7 Å². The first-order valence-electron chi connectivity index (χ1n) is 13.9. The minimum absolute atomic E-state index is 0.100. The van der Waals surface area contributed by atoms with Gasteiger partial charge in [-0.1, -0.05) is 75.2 Å². The summed E-state index contributed by atoms with van der Waals surface area (Å²) in [4.78, 5) is 27.6. The van der Waals surface area contributed by atoms with Gasteiger partial charge in [0.25, 0.3) is 0 Å². The molecule has 0 saturated carbocycles. The van der Waals surface area contributed by atoms with Crippen LogP contribution in [0.1, 0.15) is 81.5 Å². The molecule has 38 heavy (non-hydrogen) atoms. The van der Waals surface area contributed by atoms with E-state index in [-0.39, 0.29) is 28.3 Å². The average Bonchev–Trinajstić information content (AvgIpc) is 3.13. The summed E-state index contributed by atoms with van der Waals surface area (Å²) in [6.45, 7) is 13.7. The van der Waals surface area contributed by atoms with Crippen LogP contribution in [-0.2, 0) is 16.1 Å². The number of allylic oxidation sites excluding steroid dienone is 4. The summed E-state index contributed by atoms with van der Waals surface area (Å²) < 4.78 is 2.30. The quantitative estimate of drug-likeness (QED) is 0.406. The van der Waals surface area contributed by atoms with E-state index < -0.39 is 0 Å². The molecule has 3 aromatic rings. The molecule has 0 saturated heterocycles. The summed E-state index contributed by atoms with van der Waals surface area (Å²) in [5, 5.41) is 4.77. The highest BCUT2D eigenvalue weighted by Gasteiger charge is 2.47. The number of hydrogen-bond donors (Lipinski definition) is 1. The van der Waals surface area contributed by atoms with Gasteiger partial charge in [-0.25, -0.2) is 0 Å². The molecule has 0 unspecified atom stereocenters. The van der Waals surface area contributed by atoms with Gasteiger partial charge in [-0.05, 0) is 54.7 Å². The van der Waals surface area contributed by atoms with Gasteiger partial charge in [0.2, 0.25) is 0 Å². The minimum atomic E-state index is -0.321. The standard InChI is InChI=1S/C34H38N2O2/c1-20-11-21(2)13-22(12-20)18-36-19-24(23-9-7-8-10-27(23)36)30-31-25(14-33(3,4)16-28(31)37)35-26-15-34(5,6)17-29(38)32(26)30/h7-13,19,30,35H,14-18H2,1-6H3. The van der Waals surface area contributed by atoms with Crippen LogP contribution < -0.4 is 5.32 Å². The van der Waals surface area contributed by atoms with E-state index in [0.29, 0.717) is 12.8 Å². The molecule has 3 aliphatic rings. The minimum Gasteiger partial charge on any atom is -0.362 e. The number of fused-ring (bicyclic) bond motifs is 1. The van der Waals surface area contributed by atoms with Crippen LogP contribution >= 0.6 is 0 Å². The second-order valence-electron chi connectivity index (χ2n) is 13.4. The van der Waals surface area contributed by atoms with Crippen LogP contribution in [0.5, 0.6) is 0 Å². The zero-order valence-corrected chi connectivity index (χ0v) is 23.5. The monoisotopic (exact) mass is 506 g/mol. The molecular weight excluding hydrogens is 468 g/mol. The topological polar surface area (TPSA) is 51.1 Å². The summed E-state index contributed by atoms with van der Waals surface area (Å²) in [5.41, 5.74) is 9.44. The number of aromatic nitrogens is 1. The normalized spacial score (nSPS) is 21.0. The Hall–Kier alpha value is -3.40. The van der Waals surface area contributed by atoms with E-state index >= 15 is 0 Å². The lowest BCUT2D eigenvalue weighted by Gasteiger charge is -2.43. The van der Waals surface area contributed by atoms with Crippen molar-refractivity contribution in [1.82, 2.24) is 9.88 Å². The fraction of sp³-hybridized carbons (Fsp3) is 0.412. The van der Waals surface area contributed by atoms with Gasteiger partial charge in [0.05, 0.1) is 0 Å². The van der Waals surface area contributed by atoms with E-state index in [0.717, 1.165) is 58.4 Å². The van der Waals surface area contributed by atoms with Crippen molar-refractivity contribution >= 4 is 22.5 Å². The van der Waals surface area contributed by atoms with E-state index in [9.17, 15) is 9.59 Å². The van der Waals surface area contributed by atoms with Crippen molar-refractivity contribution in [3.05, 3.63) is 93.5 Å². The number of rotatable bonds is 3. The molecule has 4 heteroatoms. The molecule has 1 N–H and O–H groups in total. The molecule has 2 aliphatic carbocycles. The first-order chi connectivity index (χ1) is 17.9. The van der Waals surface area contributed by atoms with Gasteiger partial charge in [-0.2, -0.15) is 0 Å². The number of carbonyl (C=O) groups is 2. The van der Waals surface area contributed by atoms with Crippen molar-refractivity contribution in [2.24, 2.45) is 10.8 Å². The van der Waals surface area contributed by atoms with Crippen molar-refractivity contribution in [1.29, 1.82) is 0 Å². The zero-order valence-electron chi connectivity index (χ0n) is 23.5. The summed E-state index contributed by atoms with van der Waals surface area (Å²) in [7, 11) is 0. The number of hydrogen-bond acceptors (Lipinski definition) is 3. The summed E-state index contributed by atoms with van der Waals surface area (Å²) >= 11 is 0. The van der Waals surface area contributed by atoms with Gasteiger partial charge >= 0.3 is 0 Å². The van der Waals surface area contributed by atoms with Crippen molar-refractivity contribution in [2.75, 3.05) is 0 Å². The first kappa shape index (κ1) is 24.9. The maximum Gasteiger partial charge on any atom is 0.162 e. The molecule has 4 nitrogen and oxygen atoms in total. The largest absolute Gasteiger partial charge is 0.362 e. The molecule has 0 atom stereocenters. The zero-order chi connectivity index (χ0) is 27.0. The summed E-state index contributed by atoms with van der Waals surface area (Å²) in [6.07, 6.45) is 4.86. The number of aryl methyl sites for hydroxylation is 2. The summed E-state index contributed by atoms with van der Waals surface area (Å²) in [5.74, 6) is 0.0204. The van der Waals surface area contributed by atoms with Gasteiger partial charge in [-0.15, -0.1) is 0 Å². The van der Waals surface area contributed by atoms with E-state index in [1.165, 1.54) is 16.7 Å². The van der Waals surface area contributed by atoms with Crippen LogP contribution in [0.4, 0.5) is 0 Å². The predicted octanol–water partition coefficient (Wildman–Crippen LogP) is 7.28. The van der Waals surface area contributed by atoms with Crippen LogP contribution in [0.15, 0.2) is 71.2 Å². The Labute approximate surface area is 225 Å². The smallest absolute Gasteiger partial charge is 0.162 e. The highest BCUT2D eigenvalue weighted by atomic mass is 16.1. The number of para-hydroxylation sites is 1. The van der Waals surface area contributed by atoms with Gasteiger partial charge in [0, 0.05) is 64.9 Å². The van der Waals surface area contributed by atoms with Crippen LogP contribution in [0.2, 0.25) is 0 Å². The Balaban J connectivity index is 1.56. The van der Waals surface area contributed by atoms with Crippen molar-refractivity contribution < 1.29 is 9.59 Å². The number of carbonyl (C=O) groups excluding carboxylic acids is 2. The van der Waals surface area contributed by atoms with E-state index in [1.807, 2.05) is 0 Å². The number of nitrogens with one attached hydrogen (secondary N) is 1. The number of Topliss-reactive ketones (excluding diaryl/α,β-unsaturated/α-hetero) is 2. The third-order valence-corrected chi connectivity index (χ3v) is 8.48. The second kappa shape index (κ2) is 8.56. The molecule has 0 radical (unpaired) electrons. The number of dihydropyridines is 1. The fourth-order valence-electron chi connectivity index (χ4n) is 7.19. The molecular formula is C34H38N2O2. The molecule has 2 heterocycles. The molecule has 2 aromatic carbocycles. The van der Waals surface area contributed by atoms with E-state index in [2.05, 4.69) is 100 Å². The van der Waals surface area contributed by atoms with Gasteiger partial charge < -0.3 is 9.88 Å². The lowest BCUT2D eigenvalue weighted by atomic mass is 9.64. The van der Waals surface area contributed by atoms with Gasteiger partial charge in [-0.3, -0.25) is 9.59 Å². The number of ketones is 2. The molecule has 1 aromatic heterocycles. The van der Waals surface area contributed by atoms with Crippen molar-refractivity contribution in [3.8, 4) is 0 Å². The third kappa shape index (κ3) is 4.24. The number of nitrogens with zero attached hydrogens (tertiary/aromatic N) is 1. The molecule has 6 rings (SSSR count). The summed E-state index contributed by atoms with van der Waals surface area (Å²) in [6, 6.07) is 15.1.